The molecule has 2 bridgehead atoms. The van der Waals surface area contributed by atoms with Crippen molar-refractivity contribution < 1.29 is 0 Å². The van der Waals surface area contributed by atoms with E-state index in [-0.39, 0.29) is 0 Å². The molecule has 0 nitrogen and oxygen atoms in total. The van der Waals surface area contributed by atoms with E-state index in [9.17, 15) is 0 Å². The van der Waals surface area contributed by atoms with Gasteiger partial charge in [-0.2, -0.15) is 0 Å². The highest BCUT2D eigenvalue weighted by Gasteiger charge is 2.27. The first-order valence-corrected chi connectivity index (χ1v) is 2.81. The molecule has 0 N–H and O–H groups in total. The van der Waals surface area contributed by atoms with Crippen molar-refractivity contribution in [2.24, 2.45) is 0 Å². The van der Waals surface area contributed by atoms with Crippen LogP contribution in [0.5, 0.6) is 0 Å². The van der Waals surface area contributed by atoms with Crippen LogP contribution in [0.4, 0.5) is 0 Å². The van der Waals surface area contributed by atoms with E-state index in [2.05, 4.69) is 24.3 Å². The van der Waals surface area contributed by atoms with Gasteiger partial charge < -0.3 is 0 Å². The molecule has 0 heteroatoms. The SMILES string of the molecule is C1=C2C=C3C=C1C3=C2. The van der Waals surface area contributed by atoms with Crippen molar-refractivity contribution in [3.63, 3.8) is 0 Å². The van der Waals surface area contributed by atoms with E-state index in [0.717, 1.165) is 0 Å². The molecular weight excluding hydrogens is 96.1 g/mol. The fourth-order valence-electron chi connectivity index (χ4n) is 1.47. The summed E-state index contributed by atoms with van der Waals surface area (Å²) in [6, 6.07) is 0. The Kier molecular flexibility index (Phi) is 0.252. The summed E-state index contributed by atoms with van der Waals surface area (Å²) in [5, 5.41) is 0. The Hall–Kier alpha value is -1.04. The number of hydrogen-bond donors (Lipinski definition) is 0. The Balaban J connectivity index is 2.66. The van der Waals surface area contributed by atoms with Crippen molar-refractivity contribution >= 4 is 0 Å². The van der Waals surface area contributed by atoms with Crippen LogP contribution in [-0.2, 0) is 0 Å². The molecule has 0 unspecified atom stereocenters. The van der Waals surface area contributed by atoms with Gasteiger partial charge >= 0.3 is 0 Å². The van der Waals surface area contributed by atoms with Crippen molar-refractivity contribution in [1.82, 2.24) is 0 Å². The summed E-state index contributed by atoms with van der Waals surface area (Å²) in [6.07, 6.45) is 8.91. The third-order valence-electron chi connectivity index (χ3n) is 1.89. The van der Waals surface area contributed by atoms with Gasteiger partial charge in [0.1, 0.15) is 0 Å². The fourth-order valence-corrected chi connectivity index (χ4v) is 1.47. The zero-order valence-corrected chi connectivity index (χ0v) is 4.31. The number of hydrogen-bond acceptors (Lipinski definition) is 0. The third kappa shape index (κ3) is 0.148. The lowest BCUT2D eigenvalue weighted by atomic mass is 9.87. The van der Waals surface area contributed by atoms with Crippen molar-refractivity contribution in [3.8, 4) is 0 Å². The molecule has 0 heterocycles. The van der Waals surface area contributed by atoms with Crippen LogP contribution in [0.3, 0.4) is 0 Å². The molecule has 3 rings (SSSR count). The molecule has 0 radical (unpaired) electrons. The van der Waals surface area contributed by atoms with Gasteiger partial charge in [-0.1, -0.05) is 0 Å². The van der Waals surface area contributed by atoms with E-state index >= 15 is 0 Å². The summed E-state index contributed by atoms with van der Waals surface area (Å²) in [7, 11) is 0. The van der Waals surface area contributed by atoms with Crippen molar-refractivity contribution in [2.45, 2.75) is 0 Å². The van der Waals surface area contributed by atoms with Gasteiger partial charge in [-0.15, -0.1) is 0 Å². The molecule has 8 heavy (non-hydrogen) atoms. The topological polar surface area (TPSA) is 0 Å². The van der Waals surface area contributed by atoms with E-state index in [1.807, 2.05) is 0 Å². The van der Waals surface area contributed by atoms with Crippen LogP contribution in [0, 0.1) is 0 Å². The quantitative estimate of drug-likeness (QED) is 0.435. The van der Waals surface area contributed by atoms with Gasteiger partial charge in [-0.05, 0) is 46.6 Å². The zero-order chi connectivity index (χ0) is 5.14. The van der Waals surface area contributed by atoms with Crippen LogP contribution >= 0.6 is 0 Å². The van der Waals surface area contributed by atoms with Crippen LogP contribution in [0.2, 0.25) is 0 Å². The van der Waals surface area contributed by atoms with Gasteiger partial charge in [0.25, 0.3) is 0 Å². The maximum atomic E-state index is 2.24. The molecule has 0 fully saturated rings. The van der Waals surface area contributed by atoms with Gasteiger partial charge in [-0.25, -0.2) is 0 Å². The minimum atomic E-state index is 1.40. The zero-order valence-electron chi connectivity index (χ0n) is 4.31. The normalized spacial score (nSPS) is 26.0. The Morgan fingerprint density at radius 2 is 1.62 bits per heavy atom. The van der Waals surface area contributed by atoms with Crippen LogP contribution in [0.1, 0.15) is 0 Å². The van der Waals surface area contributed by atoms with Crippen molar-refractivity contribution in [2.75, 3.05) is 0 Å². The second-order valence-corrected chi connectivity index (χ2v) is 2.40. The summed E-state index contributed by atoms with van der Waals surface area (Å²) in [6.45, 7) is 0. The van der Waals surface area contributed by atoms with Crippen molar-refractivity contribution in [3.05, 3.63) is 46.6 Å². The highest BCUT2D eigenvalue weighted by Crippen LogP contribution is 2.45. The summed E-state index contributed by atoms with van der Waals surface area (Å²) in [5.74, 6) is 0. The number of rotatable bonds is 0. The van der Waals surface area contributed by atoms with E-state index < -0.39 is 0 Å². The highest BCUT2D eigenvalue weighted by atomic mass is 14.3. The summed E-state index contributed by atoms with van der Waals surface area (Å²) in [5.41, 5.74) is 5.75. The van der Waals surface area contributed by atoms with E-state index in [0.29, 0.717) is 0 Å². The average molecular weight is 100 g/mol. The summed E-state index contributed by atoms with van der Waals surface area (Å²) >= 11 is 0. The fraction of sp³-hybridized carbons (Fsp3) is 0. The van der Waals surface area contributed by atoms with Crippen LogP contribution < -0.4 is 0 Å². The standard InChI is InChI=1S/C8H4/c1-5-2-7-4-6(1)8(7)3-5/h1-4H. The Bertz CT molecular complexity index is 226. The smallest absolute Gasteiger partial charge is 0.0105 e. The first kappa shape index (κ1) is 3.08. The Morgan fingerprint density at radius 3 is 1.88 bits per heavy atom. The molecule has 0 atom stereocenters. The Morgan fingerprint density at radius 1 is 0.750 bits per heavy atom. The second kappa shape index (κ2) is 0.655. The lowest BCUT2D eigenvalue weighted by Crippen LogP contribution is -1.98. The maximum Gasteiger partial charge on any atom is -0.0105 e. The highest BCUT2D eigenvalue weighted by molar-refractivity contribution is 5.81. The molecule has 0 aromatic rings. The number of fused-ring (bicyclic) bond motifs is 1. The van der Waals surface area contributed by atoms with Gasteiger partial charge in [0, 0.05) is 0 Å². The molecule has 0 saturated heterocycles. The predicted octanol–water partition coefficient (Wildman–Crippen LogP) is 1.73. The minimum Gasteiger partial charge on any atom is -0.0470 e. The van der Waals surface area contributed by atoms with Gasteiger partial charge in [0.2, 0.25) is 0 Å². The lowest BCUT2D eigenvalue weighted by Gasteiger charge is -2.16. The first-order valence-electron chi connectivity index (χ1n) is 2.81. The Labute approximate surface area is 47.5 Å². The van der Waals surface area contributed by atoms with Gasteiger partial charge in [0.15, 0.2) is 0 Å². The molecule has 0 saturated carbocycles. The molecule has 0 aromatic carbocycles. The largest absolute Gasteiger partial charge is 0.0470 e. The van der Waals surface area contributed by atoms with Crippen LogP contribution in [0.25, 0.3) is 0 Å². The van der Waals surface area contributed by atoms with E-state index in [4.69, 9.17) is 0 Å². The van der Waals surface area contributed by atoms with E-state index in [1.165, 1.54) is 22.3 Å². The van der Waals surface area contributed by atoms with E-state index in [1.54, 1.807) is 0 Å². The summed E-state index contributed by atoms with van der Waals surface area (Å²) in [4.78, 5) is 0. The molecular formula is C8H4. The molecule has 0 aromatic heterocycles. The third-order valence-corrected chi connectivity index (χ3v) is 1.89. The summed E-state index contributed by atoms with van der Waals surface area (Å²) < 4.78 is 0. The predicted molar refractivity (Wildman–Crippen MR) is 32.3 cm³/mol. The molecule has 0 amide bonds. The maximum absolute atomic E-state index is 2.24. The lowest BCUT2D eigenvalue weighted by molar-refractivity contribution is 1.38. The van der Waals surface area contributed by atoms with Crippen molar-refractivity contribution in [1.29, 1.82) is 0 Å². The van der Waals surface area contributed by atoms with Crippen LogP contribution in [0.15, 0.2) is 46.6 Å². The van der Waals surface area contributed by atoms with Crippen LogP contribution in [-0.4, -0.2) is 0 Å². The molecule has 0 spiro atoms. The second-order valence-electron chi connectivity index (χ2n) is 2.40. The molecule has 3 aliphatic rings. The average Bonchev–Trinajstić information content (AvgIpc) is 2.23. The van der Waals surface area contributed by atoms with Gasteiger partial charge in [-0.3, -0.25) is 0 Å². The van der Waals surface area contributed by atoms with Gasteiger partial charge in [0.05, 0.1) is 0 Å². The number of allylic oxidation sites excluding steroid dienone is 8. The molecule has 3 aliphatic carbocycles. The monoisotopic (exact) mass is 100 g/mol. The first-order chi connectivity index (χ1) is 3.93. The molecule has 36 valence electrons. The minimum absolute atomic E-state index is 1.40. The molecule has 0 aliphatic heterocycles.